The first kappa shape index (κ1) is 17.9. The van der Waals surface area contributed by atoms with Crippen molar-refractivity contribution >= 4 is 6.09 Å². The lowest BCUT2D eigenvalue weighted by atomic mass is 10.1. The molecule has 2 aromatic rings. The zero-order valence-electron chi connectivity index (χ0n) is 14.2. The molecule has 24 heavy (non-hydrogen) atoms. The van der Waals surface area contributed by atoms with Gasteiger partial charge in [0.25, 0.3) is 0 Å². The minimum atomic E-state index is -1.13. The molecule has 130 valence electrons. The largest absolute Gasteiger partial charge is 0.444 e. The summed E-state index contributed by atoms with van der Waals surface area (Å²) in [5, 5.41) is 20.8. The van der Waals surface area contributed by atoms with Crippen LogP contribution in [0.2, 0.25) is 0 Å². The third-order valence-corrected chi connectivity index (χ3v) is 3.14. The van der Waals surface area contributed by atoms with Crippen molar-refractivity contribution in [1.82, 2.24) is 20.5 Å². The van der Waals surface area contributed by atoms with Crippen LogP contribution in [0, 0.1) is 0 Å². The topological polar surface area (TPSA) is 110 Å². The third kappa shape index (κ3) is 4.76. The summed E-state index contributed by atoms with van der Waals surface area (Å²) in [5.41, 5.74) is 0.0795. The third-order valence-electron chi connectivity index (χ3n) is 3.14. The quantitative estimate of drug-likeness (QED) is 0.864. The van der Waals surface area contributed by atoms with Gasteiger partial charge in [0, 0.05) is 18.0 Å². The molecule has 0 fully saturated rings. The van der Waals surface area contributed by atoms with Gasteiger partial charge in [-0.15, -0.1) is 10.2 Å². The number of nitrogens with zero attached hydrogens (tertiary/aromatic N) is 3. The number of amides is 1. The summed E-state index contributed by atoms with van der Waals surface area (Å²) >= 11 is 0. The predicted octanol–water partition coefficient (Wildman–Crippen LogP) is 2.47. The first-order valence-corrected chi connectivity index (χ1v) is 7.71. The number of aliphatic hydroxyl groups is 1. The second kappa shape index (κ2) is 7.39. The Hall–Kier alpha value is -2.48. The Labute approximate surface area is 140 Å². The molecular weight excluding hydrogens is 312 g/mol. The summed E-state index contributed by atoms with van der Waals surface area (Å²) in [6, 6.07) is 2.84. The monoisotopic (exact) mass is 334 g/mol. The van der Waals surface area contributed by atoms with Crippen molar-refractivity contribution in [2.75, 3.05) is 0 Å². The van der Waals surface area contributed by atoms with Gasteiger partial charge in [-0.25, -0.2) is 4.79 Å². The molecule has 8 nitrogen and oxygen atoms in total. The smallest absolute Gasteiger partial charge is 0.407 e. The number of rotatable bonds is 5. The molecular formula is C16H22N4O4. The molecule has 0 aromatic carbocycles. The van der Waals surface area contributed by atoms with Gasteiger partial charge in [0.2, 0.25) is 11.8 Å². The molecule has 2 unspecified atom stereocenters. The minimum Gasteiger partial charge on any atom is -0.444 e. The number of carbonyl (C=O) groups is 1. The Kier molecular flexibility index (Phi) is 5.50. The number of ether oxygens (including phenoxy) is 1. The Morgan fingerprint density at radius 3 is 2.58 bits per heavy atom. The van der Waals surface area contributed by atoms with Gasteiger partial charge < -0.3 is 19.6 Å². The van der Waals surface area contributed by atoms with Crippen LogP contribution in [0.25, 0.3) is 11.5 Å². The van der Waals surface area contributed by atoms with E-state index in [0.29, 0.717) is 12.0 Å². The van der Waals surface area contributed by atoms with E-state index in [2.05, 4.69) is 20.5 Å². The number of nitrogens with one attached hydrogen (secondary N) is 1. The number of pyridine rings is 1. The van der Waals surface area contributed by atoms with E-state index in [1.54, 1.807) is 45.3 Å². The van der Waals surface area contributed by atoms with Gasteiger partial charge in [0.15, 0.2) is 6.10 Å². The first-order valence-electron chi connectivity index (χ1n) is 7.71. The van der Waals surface area contributed by atoms with Crippen LogP contribution in [0.4, 0.5) is 4.79 Å². The van der Waals surface area contributed by atoms with Crippen LogP contribution >= 0.6 is 0 Å². The maximum absolute atomic E-state index is 11.9. The lowest BCUT2D eigenvalue weighted by Gasteiger charge is -2.24. The van der Waals surface area contributed by atoms with Crippen LogP contribution in [0.1, 0.15) is 46.1 Å². The van der Waals surface area contributed by atoms with Gasteiger partial charge in [-0.1, -0.05) is 6.92 Å². The highest BCUT2D eigenvalue weighted by Gasteiger charge is 2.28. The molecule has 0 saturated carbocycles. The normalized spacial score (nSPS) is 14.0. The average molecular weight is 334 g/mol. The highest BCUT2D eigenvalue weighted by atomic mass is 16.6. The number of aliphatic hydroxyl groups excluding tert-OH is 1. The van der Waals surface area contributed by atoms with E-state index in [4.69, 9.17) is 9.15 Å². The Bertz CT molecular complexity index is 666. The summed E-state index contributed by atoms with van der Waals surface area (Å²) < 4.78 is 10.7. The number of carbonyl (C=O) groups excluding carboxylic acids is 1. The molecule has 0 bridgehead atoms. The summed E-state index contributed by atoms with van der Waals surface area (Å²) in [4.78, 5) is 15.8. The zero-order valence-corrected chi connectivity index (χ0v) is 14.2. The second-order valence-electron chi connectivity index (χ2n) is 6.29. The van der Waals surface area contributed by atoms with Crippen LogP contribution in [0.3, 0.4) is 0 Å². The SMILES string of the molecule is CCC(NC(=O)OC(C)(C)C)C(O)c1nnc(-c2ccncc2)o1. The summed E-state index contributed by atoms with van der Waals surface area (Å²) in [6.45, 7) is 7.13. The van der Waals surface area contributed by atoms with Crippen LogP contribution in [0.5, 0.6) is 0 Å². The highest BCUT2D eigenvalue weighted by molar-refractivity contribution is 5.68. The lowest BCUT2D eigenvalue weighted by Crippen LogP contribution is -2.42. The number of alkyl carbamates (subject to hydrolysis) is 1. The zero-order chi connectivity index (χ0) is 17.7. The molecule has 1 amide bonds. The molecule has 0 saturated heterocycles. The summed E-state index contributed by atoms with van der Waals surface area (Å²) in [5.74, 6) is 0.309. The highest BCUT2D eigenvalue weighted by Crippen LogP contribution is 2.23. The molecule has 2 aromatic heterocycles. The average Bonchev–Trinajstić information content (AvgIpc) is 3.01. The van der Waals surface area contributed by atoms with E-state index in [1.807, 2.05) is 6.92 Å². The molecule has 2 N–H and O–H groups in total. The first-order chi connectivity index (χ1) is 11.3. The van der Waals surface area contributed by atoms with Crippen molar-refractivity contribution in [3.05, 3.63) is 30.4 Å². The van der Waals surface area contributed by atoms with Crippen LogP contribution in [-0.4, -0.2) is 38.0 Å². The number of hydrogen-bond acceptors (Lipinski definition) is 7. The van der Waals surface area contributed by atoms with Gasteiger partial charge in [-0.2, -0.15) is 0 Å². The fraction of sp³-hybridized carbons (Fsp3) is 0.500. The molecule has 0 radical (unpaired) electrons. The van der Waals surface area contributed by atoms with Crippen LogP contribution in [-0.2, 0) is 4.74 Å². The van der Waals surface area contributed by atoms with Gasteiger partial charge in [0.1, 0.15) is 5.60 Å². The van der Waals surface area contributed by atoms with Gasteiger partial charge in [-0.05, 0) is 39.3 Å². The second-order valence-corrected chi connectivity index (χ2v) is 6.29. The Balaban J connectivity index is 2.07. The van der Waals surface area contributed by atoms with E-state index in [0.717, 1.165) is 0 Å². The molecule has 2 atom stereocenters. The molecule has 8 heteroatoms. The molecule has 2 heterocycles. The van der Waals surface area contributed by atoms with Gasteiger partial charge >= 0.3 is 6.09 Å². The maximum Gasteiger partial charge on any atom is 0.407 e. The van der Waals surface area contributed by atoms with Crippen molar-refractivity contribution in [3.8, 4) is 11.5 Å². The summed E-state index contributed by atoms with van der Waals surface area (Å²) in [7, 11) is 0. The Morgan fingerprint density at radius 2 is 2.00 bits per heavy atom. The van der Waals surface area contributed by atoms with Gasteiger partial charge in [-0.3, -0.25) is 4.98 Å². The lowest BCUT2D eigenvalue weighted by molar-refractivity contribution is 0.0385. The molecule has 0 aliphatic rings. The number of aromatic nitrogens is 3. The van der Waals surface area contributed by atoms with Gasteiger partial charge in [0.05, 0.1) is 6.04 Å². The summed E-state index contributed by atoms with van der Waals surface area (Å²) in [6.07, 6.45) is 1.93. The van der Waals surface area contributed by atoms with E-state index >= 15 is 0 Å². The molecule has 0 aliphatic heterocycles. The molecule has 0 spiro atoms. The van der Waals surface area contributed by atoms with Crippen molar-refractivity contribution in [2.45, 2.75) is 51.9 Å². The molecule has 0 aliphatic carbocycles. The van der Waals surface area contributed by atoms with E-state index in [9.17, 15) is 9.90 Å². The maximum atomic E-state index is 11.9. The minimum absolute atomic E-state index is 0.0321. The van der Waals surface area contributed by atoms with E-state index < -0.39 is 23.8 Å². The fourth-order valence-corrected chi connectivity index (χ4v) is 2.00. The van der Waals surface area contributed by atoms with Crippen LogP contribution < -0.4 is 5.32 Å². The van der Waals surface area contributed by atoms with Crippen molar-refractivity contribution < 1.29 is 19.1 Å². The van der Waals surface area contributed by atoms with Crippen molar-refractivity contribution in [2.24, 2.45) is 0 Å². The standard InChI is InChI=1S/C16H22N4O4/c1-5-11(18-15(22)24-16(2,3)4)12(21)14-20-19-13(23-14)10-6-8-17-9-7-10/h6-9,11-12,21H,5H2,1-4H3,(H,18,22). The predicted molar refractivity (Wildman–Crippen MR) is 85.9 cm³/mol. The van der Waals surface area contributed by atoms with E-state index in [-0.39, 0.29) is 11.8 Å². The van der Waals surface area contributed by atoms with Crippen molar-refractivity contribution in [3.63, 3.8) is 0 Å². The van der Waals surface area contributed by atoms with Crippen LogP contribution in [0.15, 0.2) is 28.9 Å². The Morgan fingerprint density at radius 1 is 1.33 bits per heavy atom. The molecule has 2 rings (SSSR count). The fourth-order valence-electron chi connectivity index (χ4n) is 2.00. The number of hydrogen-bond donors (Lipinski definition) is 2. The van der Waals surface area contributed by atoms with E-state index in [1.165, 1.54) is 0 Å². The van der Waals surface area contributed by atoms with Crippen molar-refractivity contribution in [1.29, 1.82) is 0 Å².